The van der Waals surface area contributed by atoms with Crippen molar-refractivity contribution in [1.82, 2.24) is 5.32 Å². The molecule has 0 spiro atoms. The van der Waals surface area contributed by atoms with Crippen molar-refractivity contribution in [2.45, 2.75) is 222 Å². The number of phosphoric acid groups is 1. The van der Waals surface area contributed by atoms with Gasteiger partial charge in [0.15, 0.2) is 6.10 Å². The molecule has 0 rings (SSSR count). The molecule has 0 saturated heterocycles. The van der Waals surface area contributed by atoms with Crippen molar-refractivity contribution < 1.29 is 52.3 Å². The molecule has 14 heteroatoms. The Kier molecular flexibility index (Phi) is 33.0. The Morgan fingerprint density at radius 1 is 0.746 bits per heavy atom. The van der Waals surface area contributed by atoms with Gasteiger partial charge in [-0.25, -0.2) is 9.36 Å². The second kappa shape index (κ2) is 34.6. The number of carbonyl (C=O) groups is 4. The largest absolute Gasteiger partial charge is 0.481 e. The third-order valence-electron chi connectivity index (χ3n) is 12.7. The first-order chi connectivity index (χ1) is 29.8. The van der Waals surface area contributed by atoms with Gasteiger partial charge >= 0.3 is 25.7 Å². The molecule has 0 radical (unpaired) electrons. The standard InChI is InChI=1S/C49H89N2O11P/c1-9-11-13-15-17-19-21-23-25-27-29-31-44(53)59-37-42(62-45(54)32-30-28-26-24-22-20-18-16-14-12-10-2)38-61-63(57,58)60-36-35-51-43(52)33-34-48(7,40-50)47(5,6)39-49(8,41(3)4)46(55)56/h29,31,41-42H,9-28,30,32-39H2,1-8H3,(H,51,52)(H,55,56)(H,57,58)/b31-29+/t42-,48?,49?/m1/s1. The van der Waals surface area contributed by atoms with Crippen LogP contribution >= 0.6 is 7.82 Å². The van der Waals surface area contributed by atoms with Crippen molar-refractivity contribution >= 4 is 31.6 Å². The average Bonchev–Trinajstić information content (AvgIpc) is 3.23. The molecule has 4 atom stereocenters. The summed E-state index contributed by atoms with van der Waals surface area (Å²) >= 11 is 0. The van der Waals surface area contributed by atoms with E-state index >= 15 is 0 Å². The van der Waals surface area contributed by atoms with E-state index in [0.717, 1.165) is 38.5 Å². The molecule has 0 aliphatic heterocycles. The summed E-state index contributed by atoms with van der Waals surface area (Å²) in [6.07, 6.45) is 26.5. The number of phosphoric ester groups is 1. The first-order valence-electron chi connectivity index (χ1n) is 24.3. The molecule has 0 aliphatic rings. The van der Waals surface area contributed by atoms with Crippen LogP contribution in [0.1, 0.15) is 216 Å². The van der Waals surface area contributed by atoms with Gasteiger partial charge in [-0.1, -0.05) is 163 Å². The van der Waals surface area contributed by atoms with Gasteiger partial charge in [-0.05, 0) is 57.3 Å². The average molecular weight is 913 g/mol. The highest BCUT2D eigenvalue weighted by atomic mass is 31.2. The number of nitrogens with zero attached hydrogens (tertiary/aromatic N) is 1. The molecule has 3 unspecified atom stereocenters. The van der Waals surface area contributed by atoms with E-state index in [1.165, 1.54) is 96.0 Å². The molecule has 1 amide bonds. The Labute approximate surface area is 382 Å². The van der Waals surface area contributed by atoms with Crippen LogP contribution in [0.4, 0.5) is 0 Å². The zero-order valence-electron chi connectivity index (χ0n) is 40.8. The van der Waals surface area contributed by atoms with Crippen LogP contribution in [0.25, 0.3) is 0 Å². The van der Waals surface area contributed by atoms with Crippen molar-refractivity contribution in [2.24, 2.45) is 22.2 Å². The van der Waals surface area contributed by atoms with Crippen LogP contribution in [0.5, 0.6) is 0 Å². The SMILES string of the molecule is CCCCCCCCCCC/C=C/C(=O)OC[C@H](COP(=O)(O)OCCNC(=O)CCC(C)(C#N)C(C)(C)CC(C)(C(=O)O)C(C)C)OC(=O)CCCCCCCCCCCCC. The summed E-state index contributed by atoms with van der Waals surface area (Å²) < 4.78 is 33.8. The molecule has 13 nitrogen and oxygen atoms in total. The van der Waals surface area contributed by atoms with E-state index in [2.05, 4.69) is 25.2 Å². The van der Waals surface area contributed by atoms with E-state index in [4.69, 9.17) is 18.5 Å². The summed E-state index contributed by atoms with van der Waals surface area (Å²) in [4.78, 5) is 60.5. The molecule has 0 fully saturated rings. The molecule has 0 bridgehead atoms. The Morgan fingerprint density at radius 2 is 1.25 bits per heavy atom. The van der Waals surface area contributed by atoms with Crippen LogP contribution < -0.4 is 5.32 Å². The number of carboxylic acid groups (broad SMARTS) is 1. The molecule has 0 aromatic carbocycles. The van der Waals surface area contributed by atoms with Crippen LogP contribution in [0, 0.1) is 33.5 Å². The lowest BCUT2D eigenvalue weighted by molar-refractivity contribution is -0.159. The molecule has 0 aliphatic carbocycles. The van der Waals surface area contributed by atoms with Crippen molar-refractivity contribution in [1.29, 1.82) is 5.26 Å². The zero-order valence-corrected chi connectivity index (χ0v) is 41.7. The number of aliphatic carboxylic acids is 1. The number of ether oxygens (including phenoxy) is 2. The lowest BCUT2D eigenvalue weighted by atomic mass is 9.57. The third kappa shape index (κ3) is 28.7. The lowest BCUT2D eigenvalue weighted by Gasteiger charge is -2.45. The number of allylic oxidation sites excluding steroid dienone is 1. The van der Waals surface area contributed by atoms with Crippen LogP contribution in [-0.4, -0.2) is 66.3 Å². The fraction of sp³-hybridized carbons (Fsp3) is 0.857. The fourth-order valence-electron chi connectivity index (χ4n) is 7.47. The van der Waals surface area contributed by atoms with E-state index in [-0.39, 0.29) is 51.4 Å². The zero-order chi connectivity index (χ0) is 47.6. The molecule has 63 heavy (non-hydrogen) atoms. The Bertz CT molecular complexity index is 1400. The maximum Gasteiger partial charge on any atom is 0.472 e. The monoisotopic (exact) mass is 913 g/mol. The van der Waals surface area contributed by atoms with E-state index in [0.29, 0.717) is 6.42 Å². The van der Waals surface area contributed by atoms with E-state index in [1.54, 1.807) is 19.9 Å². The summed E-state index contributed by atoms with van der Waals surface area (Å²) in [6, 6.07) is 2.32. The third-order valence-corrected chi connectivity index (χ3v) is 13.7. The van der Waals surface area contributed by atoms with Crippen LogP contribution in [0.3, 0.4) is 0 Å². The molecule has 0 heterocycles. The van der Waals surface area contributed by atoms with Gasteiger partial charge in [0.25, 0.3) is 0 Å². The minimum absolute atomic E-state index is 0.0361. The van der Waals surface area contributed by atoms with Gasteiger partial charge in [-0.15, -0.1) is 0 Å². The summed E-state index contributed by atoms with van der Waals surface area (Å²) in [5, 5.41) is 22.7. The number of unbranched alkanes of at least 4 members (excludes halogenated alkanes) is 19. The Hall–Kier alpha value is -2.78. The van der Waals surface area contributed by atoms with Crippen LogP contribution in [0.2, 0.25) is 0 Å². The smallest absolute Gasteiger partial charge is 0.472 e. The first kappa shape index (κ1) is 60.2. The quantitative estimate of drug-likeness (QED) is 0.0227. The molecule has 0 saturated carbocycles. The van der Waals surface area contributed by atoms with Gasteiger partial charge in [0.1, 0.15) is 6.61 Å². The molecule has 366 valence electrons. The first-order valence-corrected chi connectivity index (χ1v) is 25.8. The maximum atomic E-state index is 12.8. The normalized spacial score (nSPS) is 15.3. The predicted molar refractivity (Wildman–Crippen MR) is 250 cm³/mol. The molecule has 3 N–H and O–H groups in total. The molecule has 0 aromatic rings. The highest BCUT2D eigenvalue weighted by Crippen LogP contribution is 2.51. The van der Waals surface area contributed by atoms with E-state index in [1.807, 2.05) is 27.7 Å². The number of esters is 2. The van der Waals surface area contributed by atoms with Gasteiger partial charge in [0, 0.05) is 25.5 Å². The van der Waals surface area contributed by atoms with Gasteiger partial charge in [-0.2, -0.15) is 5.26 Å². The Morgan fingerprint density at radius 3 is 1.75 bits per heavy atom. The highest BCUT2D eigenvalue weighted by molar-refractivity contribution is 7.47. The second-order valence-electron chi connectivity index (χ2n) is 18.9. The van der Waals surface area contributed by atoms with Crippen LogP contribution in [0.15, 0.2) is 12.2 Å². The number of hydrogen-bond acceptors (Lipinski definition) is 10. The predicted octanol–water partition coefficient (Wildman–Crippen LogP) is 12.3. The summed E-state index contributed by atoms with van der Waals surface area (Å²) in [7, 11) is -4.68. The Balaban J connectivity index is 5.05. The van der Waals surface area contributed by atoms with Crippen molar-refractivity contribution in [2.75, 3.05) is 26.4 Å². The number of rotatable bonds is 41. The van der Waals surface area contributed by atoms with E-state index < -0.39 is 60.6 Å². The number of carbonyl (C=O) groups excluding carboxylic acids is 3. The minimum Gasteiger partial charge on any atom is -0.481 e. The number of carboxylic acids is 1. The summed E-state index contributed by atoms with van der Waals surface area (Å²) in [5.74, 6) is -2.68. The van der Waals surface area contributed by atoms with Gasteiger partial charge in [-0.3, -0.25) is 23.4 Å². The van der Waals surface area contributed by atoms with Gasteiger partial charge < -0.3 is 24.8 Å². The van der Waals surface area contributed by atoms with E-state index in [9.17, 15) is 39.0 Å². The number of hydrogen-bond donors (Lipinski definition) is 3. The van der Waals surface area contributed by atoms with Gasteiger partial charge in [0.2, 0.25) is 5.91 Å². The number of amides is 1. The van der Waals surface area contributed by atoms with Crippen molar-refractivity contribution in [3.05, 3.63) is 12.2 Å². The summed E-state index contributed by atoms with van der Waals surface area (Å²) in [6.45, 7) is 13.7. The molecular weight excluding hydrogens is 824 g/mol. The fourth-order valence-corrected chi connectivity index (χ4v) is 8.22. The second-order valence-corrected chi connectivity index (χ2v) is 20.3. The van der Waals surface area contributed by atoms with Gasteiger partial charge in [0.05, 0.1) is 30.1 Å². The molecular formula is C49H89N2O11P. The lowest BCUT2D eigenvalue weighted by Crippen LogP contribution is -2.44. The summed E-state index contributed by atoms with van der Waals surface area (Å²) in [5.41, 5.74) is -2.84. The van der Waals surface area contributed by atoms with Crippen molar-refractivity contribution in [3.8, 4) is 6.07 Å². The topological polar surface area (TPSA) is 199 Å². The number of nitriles is 1. The van der Waals surface area contributed by atoms with Crippen molar-refractivity contribution in [3.63, 3.8) is 0 Å². The minimum atomic E-state index is -4.68. The number of nitrogens with one attached hydrogen (secondary N) is 1. The maximum absolute atomic E-state index is 12.8. The molecule has 0 aromatic heterocycles. The van der Waals surface area contributed by atoms with Crippen LogP contribution in [-0.2, 0) is 42.3 Å². The highest BCUT2D eigenvalue weighted by Gasteiger charge is 2.49.